The zero-order chi connectivity index (χ0) is 8.67. The van der Waals surface area contributed by atoms with Crippen LogP contribution in [-0.4, -0.2) is 6.54 Å². The minimum Gasteiger partial charge on any atom is -0.464 e. The van der Waals surface area contributed by atoms with Crippen LogP contribution >= 0.6 is 0 Å². The molecular formula is C11H11NO. The molecule has 0 radical (unpaired) electrons. The van der Waals surface area contributed by atoms with Crippen LogP contribution in [0.3, 0.4) is 0 Å². The highest BCUT2D eigenvalue weighted by Crippen LogP contribution is 2.31. The number of benzene rings is 1. The molecule has 0 saturated heterocycles. The molecular weight excluding hydrogens is 162 g/mol. The highest BCUT2D eigenvalue weighted by Gasteiger charge is 2.12. The lowest BCUT2D eigenvalue weighted by molar-refractivity contribution is 0.615. The smallest absolute Gasteiger partial charge is 0.135 e. The fraction of sp³-hybridized carbons (Fsp3) is 0.273. The minimum atomic E-state index is 0.980. The first-order valence-corrected chi connectivity index (χ1v) is 4.68. The van der Waals surface area contributed by atoms with Gasteiger partial charge in [0.15, 0.2) is 0 Å². The molecule has 0 amide bonds. The van der Waals surface area contributed by atoms with Gasteiger partial charge in [0.25, 0.3) is 0 Å². The predicted molar refractivity (Wildman–Crippen MR) is 53.0 cm³/mol. The number of furan rings is 1. The number of anilines is 1. The first-order chi connectivity index (χ1) is 6.45. The minimum absolute atomic E-state index is 0.980. The number of aryl methyl sites for hydroxylation is 1. The molecule has 1 aromatic heterocycles. The summed E-state index contributed by atoms with van der Waals surface area (Å²) >= 11 is 0. The van der Waals surface area contributed by atoms with Gasteiger partial charge >= 0.3 is 0 Å². The van der Waals surface area contributed by atoms with E-state index in [1.54, 1.807) is 6.26 Å². The average molecular weight is 173 g/mol. The van der Waals surface area contributed by atoms with Gasteiger partial charge in [-0.25, -0.2) is 0 Å². The van der Waals surface area contributed by atoms with Crippen molar-refractivity contribution >= 4 is 16.7 Å². The van der Waals surface area contributed by atoms with Crippen LogP contribution in [0.15, 0.2) is 28.9 Å². The van der Waals surface area contributed by atoms with Gasteiger partial charge in [-0.3, -0.25) is 0 Å². The summed E-state index contributed by atoms with van der Waals surface area (Å²) in [5.74, 6) is 0. The number of rotatable bonds is 0. The predicted octanol–water partition coefficient (Wildman–Crippen LogP) is 2.79. The van der Waals surface area contributed by atoms with Crippen molar-refractivity contribution in [2.75, 3.05) is 11.9 Å². The van der Waals surface area contributed by atoms with Crippen molar-refractivity contribution in [2.24, 2.45) is 0 Å². The zero-order valence-corrected chi connectivity index (χ0v) is 7.34. The first-order valence-electron chi connectivity index (χ1n) is 4.68. The molecule has 66 valence electrons. The normalized spacial score (nSPS) is 15.4. The van der Waals surface area contributed by atoms with Gasteiger partial charge in [0.05, 0.1) is 6.26 Å². The van der Waals surface area contributed by atoms with Crippen molar-refractivity contribution in [2.45, 2.75) is 12.8 Å². The fourth-order valence-corrected chi connectivity index (χ4v) is 2.00. The van der Waals surface area contributed by atoms with Crippen LogP contribution in [0.1, 0.15) is 12.0 Å². The van der Waals surface area contributed by atoms with Crippen LogP contribution in [0, 0.1) is 0 Å². The number of nitrogens with one attached hydrogen (secondary N) is 1. The van der Waals surface area contributed by atoms with E-state index in [-0.39, 0.29) is 0 Å². The molecule has 2 aromatic rings. The van der Waals surface area contributed by atoms with Crippen molar-refractivity contribution < 1.29 is 4.42 Å². The van der Waals surface area contributed by atoms with E-state index in [2.05, 4.69) is 17.4 Å². The van der Waals surface area contributed by atoms with Crippen LogP contribution in [-0.2, 0) is 6.42 Å². The second-order valence-electron chi connectivity index (χ2n) is 3.46. The molecule has 2 heterocycles. The molecule has 0 unspecified atom stereocenters. The summed E-state index contributed by atoms with van der Waals surface area (Å²) in [6, 6.07) is 6.25. The van der Waals surface area contributed by atoms with E-state index < -0.39 is 0 Å². The standard InChI is InChI=1S/C11H11NO/c1-2-8-3-4-10-9(5-7-13-10)11(8)12-6-1/h3-5,7,12H,1-2,6H2. The van der Waals surface area contributed by atoms with Gasteiger partial charge in [-0.05, 0) is 30.5 Å². The molecule has 0 bridgehead atoms. The Morgan fingerprint density at radius 1 is 1.23 bits per heavy atom. The lowest BCUT2D eigenvalue weighted by Crippen LogP contribution is -2.11. The van der Waals surface area contributed by atoms with E-state index in [1.807, 2.05) is 6.07 Å². The maximum Gasteiger partial charge on any atom is 0.135 e. The molecule has 1 aliphatic heterocycles. The van der Waals surface area contributed by atoms with Gasteiger partial charge in [0.2, 0.25) is 0 Å². The summed E-state index contributed by atoms with van der Waals surface area (Å²) < 4.78 is 5.34. The Labute approximate surface area is 76.5 Å². The molecule has 3 rings (SSSR count). The molecule has 1 N–H and O–H groups in total. The van der Waals surface area contributed by atoms with Crippen LogP contribution < -0.4 is 5.32 Å². The molecule has 1 aromatic carbocycles. The van der Waals surface area contributed by atoms with Gasteiger partial charge < -0.3 is 9.73 Å². The molecule has 0 spiro atoms. The van der Waals surface area contributed by atoms with Crippen molar-refractivity contribution in [3.8, 4) is 0 Å². The second kappa shape index (κ2) is 2.52. The Hall–Kier alpha value is -1.44. The lowest BCUT2D eigenvalue weighted by atomic mass is 10.0. The molecule has 0 aliphatic carbocycles. The van der Waals surface area contributed by atoms with Gasteiger partial charge in [-0.2, -0.15) is 0 Å². The van der Waals surface area contributed by atoms with Gasteiger partial charge in [-0.1, -0.05) is 6.07 Å². The largest absolute Gasteiger partial charge is 0.464 e. The van der Waals surface area contributed by atoms with Crippen molar-refractivity contribution in [3.05, 3.63) is 30.0 Å². The summed E-state index contributed by atoms with van der Waals surface area (Å²) in [7, 11) is 0. The van der Waals surface area contributed by atoms with Crippen LogP contribution in [0.5, 0.6) is 0 Å². The van der Waals surface area contributed by atoms with Crippen LogP contribution in [0.25, 0.3) is 11.0 Å². The van der Waals surface area contributed by atoms with Gasteiger partial charge in [-0.15, -0.1) is 0 Å². The van der Waals surface area contributed by atoms with E-state index in [9.17, 15) is 0 Å². The molecule has 13 heavy (non-hydrogen) atoms. The maximum absolute atomic E-state index is 5.34. The quantitative estimate of drug-likeness (QED) is 0.662. The lowest BCUT2D eigenvalue weighted by Gasteiger charge is -2.17. The van der Waals surface area contributed by atoms with Gasteiger partial charge in [0.1, 0.15) is 5.58 Å². The SMILES string of the molecule is c1cc2c3c(ccc2o1)CCCN3. The Balaban J connectivity index is 2.34. The van der Waals surface area contributed by atoms with E-state index in [4.69, 9.17) is 4.42 Å². The van der Waals surface area contributed by atoms with Crippen molar-refractivity contribution in [3.63, 3.8) is 0 Å². The third-order valence-corrected chi connectivity index (χ3v) is 2.65. The Bertz CT molecular complexity index is 444. The topological polar surface area (TPSA) is 25.2 Å². The number of fused-ring (bicyclic) bond motifs is 3. The summed E-state index contributed by atoms with van der Waals surface area (Å²) in [6.07, 6.45) is 4.17. The average Bonchev–Trinajstić information content (AvgIpc) is 2.65. The molecule has 0 atom stereocenters. The van der Waals surface area contributed by atoms with E-state index in [0.717, 1.165) is 12.1 Å². The first kappa shape index (κ1) is 7.01. The Kier molecular flexibility index (Phi) is 1.36. The summed E-state index contributed by atoms with van der Waals surface area (Å²) in [4.78, 5) is 0. The highest BCUT2D eigenvalue weighted by atomic mass is 16.3. The van der Waals surface area contributed by atoms with Crippen molar-refractivity contribution in [1.82, 2.24) is 0 Å². The summed E-state index contributed by atoms with van der Waals surface area (Å²) in [6.45, 7) is 1.08. The van der Waals surface area contributed by atoms with Gasteiger partial charge in [0, 0.05) is 17.6 Å². The Morgan fingerprint density at radius 2 is 2.23 bits per heavy atom. The van der Waals surface area contributed by atoms with E-state index in [1.165, 1.54) is 29.5 Å². The third kappa shape index (κ3) is 0.949. The van der Waals surface area contributed by atoms with Crippen LogP contribution in [0.4, 0.5) is 5.69 Å². The molecule has 2 heteroatoms. The summed E-state index contributed by atoms with van der Waals surface area (Å²) in [5, 5.41) is 4.65. The number of hydrogen-bond donors (Lipinski definition) is 1. The van der Waals surface area contributed by atoms with E-state index in [0.29, 0.717) is 0 Å². The molecule has 2 nitrogen and oxygen atoms in total. The number of hydrogen-bond acceptors (Lipinski definition) is 2. The third-order valence-electron chi connectivity index (χ3n) is 2.65. The monoisotopic (exact) mass is 173 g/mol. The second-order valence-corrected chi connectivity index (χ2v) is 3.46. The highest BCUT2D eigenvalue weighted by molar-refractivity contribution is 5.92. The maximum atomic E-state index is 5.34. The van der Waals surface area contributed by atoms with Crippen LogP contribution in [0.2, 0.25) is 0 Å². The molecule has 0 saturated carbocycles. The summed E-state index contributed by atoms with van der Waals surface area (Å²) in [5.41, 5.74) is 3.67. The fourth-order valence-electron chi connectivity index (χ4n) is 2.00. The zero-order valence-electron chi connectivity index (χ0n) is 7.34. The van der Waals surface area contributed by atoms with E-state index >= 15 is 0 Å². The molecule has 0 fully saturated rings. The van der Waals surface area contributed by atoms with Crippen molar-refractivity contribution in [1.29, 1.82) is 0 Å². The Morgan fingerprint density at radius 3 is 3.23 bits per heavy atom. The molecule has 1 aliphatic rings.